The fraction of sp³-hybridized carbons (Fsp3) is 0.482. The third kappa shape index (κ3) is 17.8. The summed E-state index contributed by atoms with van der Waals surface area (Å²) in [5.74, 6) is -12.9. The number of amides is 8. The molecule has 485 valence electrons. The number of nitrogens with two attached hydrogens (primary N) is 1. The molecule has 3 aliphatic rings. The van der Waals surface area contributed by atoms with Gasteiger partial charge in [0.2, 0.25) is 41.4 Å². The zero-order valence-corrected chi connectivity index (χ0v) is 51.9. The number of aromatic nitrogens is 1. The summed E-state index contributed by atoms with van der Waals surface area (Å²) in [4.78, 5) is 115. The monoisotopic (exact) mass is 1290 g/mol. The van der Waals surface area contributed by atoms with Crippen LogP contribution >= 0.6 is 0 Å². The molecule has 0 aliphatic carbocycles. The van der Waals surface area contributed by atoms with Gasteiger partial charge in [0.05, 0.1) is 37.4 Å². The number of primary amides is 1. The van der Waals surface area contributed by atoms with E-state index >= 15 is 0 Å². The van der Waals surface area contributed by atoms with Crippen molar-refractivity contribution in [1.82, 2.24) is 41.5 Å². The van der Waals surface area contributed by atoms with Crippen LogP contribution in [0.2, 0.25) is 0 Å². The summed E-state index contributed by atoms with van der Waals surface area (Å²) in [5.41, 5.74) is 6.17. The van der Waals surface area contributed by atoms with Crippen molar-refractivity contribution in [2.75, 3.05) is 19.7 Å². The SMILES string of the molecule is CCCCCOc1ccc(-c2cc(-c3ccc(C(=O)N[C@H]4C[C@@H](O)[C@@H](O)NC(=O)[C@@H]5[C@@H](O)[C@@H](C)CN5C(=O)[C@H]([C@H](O)CC(N)=O)NC(=O)C([C@H](O)[C@@H](O)c5ccc(O)c(OS(=O)(=O)O)c5)NC(=O)[C@@H]5C[C@@H](O)CN5C(=O)C([C@@H](C)O)NC4=O)cc3)no2)cc1.[Na]. The molecule has 34 heteroatoms. The fourth-order valence-corrected chi connectivity index (χ4v) is 10.7. The van der Waals surface area contributed by atoms with Crippen LogP contribution in [0, 0.1) is 5.92 Å². The number of carbonyl (C=O) groups is 8. The summed E-state index contributed by atoms with van der Waals surface area (Å²) in [6.07, 6.45) is -17.3. The van der Waals surface area contributed by atoms with E-state index in [1.54, 1.807) is 30.3 Å². The molecule has 7 rings (SSSR count). The van der Waals surface area contributed by atoms with Crippen LogP contribution in [0.3, 0.4) is 0 Å². The summed E-state index contributed by atoms with van der Waals surface area (Å²) in [5, 5.41) is 116. The van der Waals surface area contributed by atoms with Gasteiger partial charge in [0.25, 0.3) is 5.91 Å². The largest absolute Gasteiger partial charge is 0.504 e. The number of nitrogens with zero attached hydrogens (tertiary/aromatic N) is 3. The van der Waals surface area contributed by atoms with Crippen molar-refractivity contribution >= 4 is 87.2 Å². The van der Waals surface area contributed by atoms with Gasteiger partial charge >= 0.3 is 10.4 Å². The minimum atomic E-state index is -5.35. The standard InChI is InChI=1S/C56H71N9O23S.Na/c1-4-5-6-17-86-32-14-11-28(12-15-32)39-21-33(63-87-39)27-7-9-29(10-8-27)49(75)58-34-20-38(70)52(78)62-54(80)45-46(72)25(2)23-65(45)56(82)43(37(69)22-41(57)71)60-53(79)44(48(74)47(73)30-13-16-36(68)40(18-30)88-89(83,84)85)61-51(77)35-19-31(67)24-64(35)55(81)42(26(3)66)59-50(34)76;/h7-16,18,21,25-26,31,34-35,37-38,42-48,52,66-70,72-74,78H,4-6,17,19-20,22-24H2,1-3H3,(H2,57,71)(H,58,75)(H,59,76)(H,60,79)(H,61,77)(H,62,80)(H,83,84,85);/t25-,26+,31+,34-,35-,37+,38+,42?,43-,44?,45-,46-,47-,48-,52+;/m0./s1. The maximum Gasteiger partial charge on any atom is 0.446 e. The van der Waals surface area contributed by atoms with Crippen molar-refractivity contribution in [3.63, 3.8) is 0 Å². The number of nitrogens with one attached hydrogen (secondary N) is 5. The van der Waals surface area contributed by atoms with Crippen LogP contribution in [0.1, 0.15) is 81.3 Å². The number of fused-ring (bicyclic) bond motifs is 2. The Bertz CT molecular complexity index is 3340. The number of aromatic hydroxyl groups is 1. The second-order valence-corrected chi connectivity index (χ2v) is 22.9. The van der Waals surface area contributed by atoms with Gasteiger partial charge in [0.15, 0.2) is 23.5 Å². The van der Waals surface area contributed by atoms with Crippen LogP contribution in [-0.2, 0) is 44.0 Å². The van der Waals surface area contributed by atoms with Gasteiger partial charge in [-0.05, 0) is 67.4 Å². The van der Waals surface area contributed by atoms with Gasteiger partial charge in [-0.2, -0.15) is 8.42 Å². The van der Waals surface area contributed by atoms with E-state index in [1.807, 2.05) is 10.6 Å². The Balaban J connectivity index is 0.0000129. The van der Waals surface area contributed by atoms with E-state index in [1.165, 1.54) is 31.2 Å². The van der Waals surface area contributed by atoms with Crippen LogP contribution in [0.25, 0.3) is 22.6 Å². The minimum Gasteiger partial charge on any atom is -0.504 e. The fourth-order valence-electron chi connectivity index (χ4n) is 10.3. The number of phenolic OH excluding ortho intramolecular Hbond substituents is 1. The van der Waals surface area contributed by atoms with Gasteiger partial charge in [0.1, 0.15) is 66.0 Å². The van der Waals surface area contributed by atoms with Crippen LogP contribution in [-0.4, -0.2) is 249 Å². The number of carbonyl (C=O) groups excluding carboxylic acids is 8. The second kappa shape index (κ2) is 31.1. The van der Waals surface area contributed by atoms with Crippen molar-refractivity contribution in [3.8, 4) is 39.8 Å². The van der Waals surface area contributed by atoms with Gasteiger partial charge in [-0.3, -0.25) is 42.9 Å². The molecule has 8 amide bonds. The Morgan fingerprint density at radius 2 is 1.42 bits per heavy atom. The normalized spacial score (nSPS) is 26.2. The third-order valence-electron chi connectivity index (χ3n) is 15.2. The maximum atomic E-state index is 14.7. The predicted octanol–water partition coefficient (Wildman–Crippen LogP) is -4.28. The average Bonchev–Trinajstić information content (AvgIpc) is 2.24. The topological polar surface area (TPSA) is 510 Å². The predicted molar refractivity (Wildman–Crippen MR) is 310 cm³/mol. The van der Waals surface area contributed by atoms with E-state index in [2.05, 4.69) is 32.2 Å². The summed E-state index contributed by atoms with van der Waals surface area (Å²) in [6, 6.07) is 3.52. The first-order valence-corrected chi connectivity index (χ1v) is 29.5. The smallest absolute Gasteiger partial charge is 0.446 e. The Labute approximate surface area is 536 Å². The first-order valence-electron chi connectivity index (χ1n) is 28.1. The first kappa shape index (κ1) is 71.7. The van der Waals surface area contributed by atoms with E-state index in [-0.39, 0.29) is 35.1 Å². The van der Waals surface area contributed by atoms with Gasteiger partial charge in [0, 0.05) is 84.2 Å². The molecule has 32 nitrogen and oxygen atoms in total. The molecule has 3 fully saturated rings. The molecule has 1 aromatic heterocycles. The summed E-state index contributed by atoms with van der Waals surface area (Å²) in [6.45, 7) is 3.74. The molecule has 1 radical (unpaired) electrons. The van der Waals surface area contributed by atoms with Gasteiger partial charge in [-0.15, -0.1) is 0 Å². The number of hydrogen-bond acceptors (Lipinski definition) is 23. The van der Waals surface area contributed by atoms with Crippen LogP contribution < -0.4 is 41.2 Å². The molecule has 2 unspecified atom stereocenters. The Hall–Kier alpha value is -7.38. The molecule has 90 heavy (non-hydrogen) atoms. The molecule has 3 saturated heterocycles. The molecule has 4 heterocycles. The van der Waals surface area contributed by atoms with Crippen LogP contribution in [0.4, 0.5) is 0 Å². The number of unbranched alkanes of at least 4 members (excludes halogenated alkanes) is 2. The van der Waals surface area contributed by atoms with Crippen molar-refractivity contribution < 1.29 is 111 Å². The summed E-state index contributed by atoms with van der Waals surface area (Å²) < 4.78 is 48.1. The van der Waals surface area contributed by atoms with Crippen molar-refractivity contribution in [2.45, 2.75) is 145 Å². The number of rotatable bonds is 18. The number of hydrogen-bond donors (Lipinski definition) is 16. The maximum absolute atomic E-state index is 14.7. The summed E-state index contributed by atoms with van der Waals surface area (Å²) >= 11 is 0. The van der Waals surface area contributed by atoms with E-state index < -0.39 is 198 Å². The molecule has 15 atom stereocenters. The molecule has 3 aliphatic heterocycles. The Kier molecular flexibility index (Phi) is 24.8. The molecule has 3 aromatic carbocycles. The second-order valence-electron chi connectivity index (χ2n) is 21.9. The first-order chi connectivity index (χ1) is 42.0. The molecule has 0 bridgehead atoms. The molecular formula is C56H71N9NaO23S. The van der Waals surface area contributed by atoms with Crippen molar-refractivity contribution in [3.05, 3.63) is 83.9 Å². The number of benzene rings is 3. The Morgan fingerprint density at radius 1 is 0.789 bits per heavy atom. The summed E-state index contributed by atoms with van der Waals surface area (Å²) in [7, 11) is -5.35. The molecular weight excluding hydrogens is 1220 g/mol. The van der Waals surface area contributed by atoms with Gasteiger partial charge < -0.3 is 102 Å². The van der Waals surface area contributed by atoms with Gasteiger partial charge in [-0.25, -0.2) is 0 Å². The van der Waals surface area contributed by atoms with E-state index in [0.29, 0.717) is 56.9 Å². The zero-order valence-electron chi connectivity index (χ0n) is 49.1. The number of aliphatic hydroxyl groups excluding tert-OH is 8. The number of phenols is 1. The molecule has 0 spiro atoms. The number of ether oxygens (including phenoxy) is 1. The number of aliphatic hydroxyl groups is 8. The van der Waals surface area contributed by atoms with E-state index in [9.17, 15) is 97.3 Å². The van der Waals surface area contributed by atoms with Crippen molar-refractivity contribution in [2.24, 2.45) is 11.7 Å². The van der Waals surface area contributed by atoms with Crippen molar-refractivity contribution in [1.29, 1.82) is 0 Å². The van der Waals surface area contributed by atoms with E-state index in [4.69, 9.17) is 15.0 Å². The Morgan fingerprint density at radius 3 is 2.06 bits per heavy atom. The minimum absolute atomic E-state index is 0. The molecule has 4 aromatic rings. The zero-order chi connectivity index (χ0) is 65.3. The molecule has 17 N–H and O–H groups in total. The third-order valence-corrected chi connectivity index (χ3v) is 15.6. The van der Waals surface area contributed by atoms with Gasteiger partial charge in [-0.1, -0.05) is 50.0 Å². The quantitative estimate of drug-likeness (QED) is 0.0255. The average molecular weight is 1290 g/mol. The van der Waals surface area contributed by atoms with Crippen LogP contribution in [0.5, 0.6) is 17.2 Å². The van der Waals surface area contributed by atoms with Crippen LogP contribution in [0.15, 0.2) is 77.3 Å². The molecule has 0 saturated carbocycles. The van der Waals surface area contributed by atoms with E-state index in [0.717, 1.165) is 32.3 Å².